The summed E-state index contributed by atoms with van der Waals surface area (Å²) in [6, 6.07) is 6.19. The number of aromatic hydroxyl groups is 1. The van der Waals surface area contributed by atoms with E-state index in [9.17, 15) is 32.7 Å². The van der Waals surface area contributed by atoms with E-state index in [1.165, 1.54) is 24.3 Å². The fourth-order valence-corrected chi connectivity index (χ4v) is 4.13. The van der Waals surface area contributed by atoms with Gasteiger partial charge in [0.1, 0.15) is 24.5 Å². The second kappa shape index (κ2) is 8.10. The molecule has 0 saturated heterocycles. The van der Waals surface area contributed by atoms with Crippen LogP contribution in [0.25, 0.3) is 10.9 Å². The number of carbonyl (C=O) groups is 2. The first kappa shape index (κ1) is 22.6. The van der Waals surface area contributed by atoms with Gasteiger partial charge in [-0.25, -0.2) is 0 Å². The van der Waals surface area contributed by atoms with Crippen LogP contribution in [0, 0.1) is 0 Å². The largest absolute Gasteiger partial charge is 0.506 e. The maximum absolute atomic E-state index is 13.4. The van der Waals surface area contributed by atoms with Crippen LogP contribution in [0.3, 0.4) is 0 Å². The molecule has 0 fully saturated rings. The Bertz CT molecular complexity index is 1350. The highest BCUT2D eigenvalue weighted by Crippen LogP contribution is 2.42. The Kier molecular flexibility index (Phi) is 5.56. The number of carbonyl (C=O) groups excluding carboxylic acids is 1. The van der Waals surface area contributed by atoms with Crippen molar-refractivity contribution in [2.75, 3.05) is 13.2 Å². The number of pyridine rings is 1. The number of rotatable bonds is 4. The van der Waals surface area contributed by atoms with Crippen molar-refractivity contribution in [1.29, 1.82) is 0 Å². The summed E-state index contributed by atoms with van der Waals surface area (Å²) in [6.07, 6.45) is -4.54. The zero-order valence-electron chi connectivity index (χ0n) is 16.4. The van der Waals surface area contributed by atoms with Gasteiger partial charge in [0.25, 0.3) is 11.5 Å². The summed E-state index contributed by atoms with van der Waals surface area (Å²) in [5.74, 6) is -2.92. The minimum atomic E-state index is -4.54. The molecule has 172 valence electrons. The number of nitrogens with zero attached hydrogens (tertiary/aromatic N) is 1. The Hall–Kier alpha value is -3.54. The molecule has 0 saturated carbocycles. The first-order chi connectivity index (χ1) is 15.5. The normalized spacial score (nSPS) is 15.2. The third-order valence-corrected chi connectivity index (χ3v) is 5.82. The smallest absolute Gasteiger partial charge is 0.416 e. The number of ether oxygens (including phenoxy) is 1. The van der Waals surface area contributed by atoms with Crippen LogP contribution in [0.15, 0.2) is 45.7 Å². The Morgan fingerprint density at radius 1 is 1.18 bits per heavy atom. The molecule has 0 radical (unpaired) electrons. The van der Waals surface area contributed by atoms with Gasteiger partial charge in [-0.15, -0.1) is 0 Å². The van der Waals surface area contributed by atoms with Gasteiger partial charge >= 0.3 is 12.1 Å². The molecule has 2 heterocycles. The summed E-state index contributed by atoms with van der Waals surface area (Å²) in [7, 11) is 0. The number of benzene rings is 2. The number of amides is 1. The SMILES string of the molecule is O=C(O)CNC(=O)c1c(O)c2ccc(Br)c3c2n(c1=O)C(c1ccc(C(F)(F)F)cc1)CO3. The predicted molar refractivity (Wildman–Crippen MR) is 113 cm³/mol. The van der Waals surface area contributed by atoms with Gasteiger partial charge in [-0.1, -0.05) is 12.1 Å². The van der Waals surface area contributed by atoms with E-state index in [0.717, 1.165) is 16.7 Å². The lowest BCUT2D eigenvalue weighted by Gasteiger charge is -2.30. The molecule has 33 heavy (non-hydrogen) atoms. The standard InChI is InChI=1S/C21H14BrF3N2O6/c22-12-6-5-11-16-18(12)33-8-13(9-1-3-10(4-2-9)21(23,24)25)27(16)20(32)15(17(11)30)19(31)26-7-14(28)29/h1-6,13,30H,7-8H2,(H,26,31)(H,28,29). The zero-order valence-corrected chi connectivity index (χ0v) is 18.0. The highest BCUT2D eigenvalue weighted by atomic mass is 79.9. The van der Waals surface area contributed by atoms with Crippen molar-refractivity contribution in [3.8, 4) is 11.5 Å². The van der Waals surface area contributed by atoms with E-state index in [4.69, 9.17) is 9.84 Å². The summed E-state index contributed by atoms with van der Waals surface area (Å²) in [5.41, 5.74) is -2.06. The fraction of sp³-hybridized carbons (Fsp3) is 0.190. The molecule has 1 aliphatic heterocycles. The number of alkyl halides is 3. The van der Waals surface area contributed by atoms with Crippen molar-refractivity contribution in [3.05, 3.63) is 67.9 Å². The molecular formula is C21H14BrF3N2O6. The maximum Gasteiger partial charge on any atom is 0.416 e. The molecule has 0 spiro atoms. The third-order valence-electron chi connectivity index (χ3n) is 5.20. The molecule has 4 rings (SSSR count). The molecule has 0 bridgehead atoms. The Labute approximate surface area is 191 Å². The number of hydrogen-bond acceptors (Lipinski definition) is 5. The lowest BCUT2D eigenvalue weighted by atomic mass is 10.0. The van der Waals surface area contributed by atoms with Crippen LogP contribution in [0.1, 0.15) is 27.5 Å². The highest BCUT2D eigenvalue weighted by molar-refractivity contribution is 9.10. The van der Waals surface area contributed by atoms with E-state index in [1.54, 1.807) is 0 Å². The topological polar surface area (TPSA) is 118 Å². The van der Waals surface area contributed by atoms with Crippen molar-refractivity contribution in [1.82, 2.24) is 9.88 Å². The highest BCUT2D eigenvalue weighted by Gasteiger charge is 2.34. The molecule has 3 aromatic rings. The molecule has 2 aromatic carbocycles. The second-order valence-electron chi connectivity index (χ2n) is 7.19. The number of aliphatic carboxylic acids is 1. The third kappa shape index (κ3) is 3.90. The summed E-state index contributed by atoms with van der Waals surface area (Å²) in [5, 5.41) is 21.6. The van der Waals surface area contributed by atoms with Crippen molar-refractivity contribution in [2.45, 2.75) is 12.2 Å². The Morgan fingerprint density at radius 2 is 1.85 bits per heavy atom. The van der Waals surface area contributed by atoms with Gasteiger partial charge in [0.05, 0.1) is 21.6 Å². The number of aromatic nitrogens is 1. The lowest BCUT2D eigenvalue weighted by molar-refractivity contribution is -0.138. The van der Waals surface area contributed by atoms with Gasteiger partial charge in [0.2, 0.25) is 0 Å². The van der Waals surface area contributed by atoms with Gasteiger partial charge < -0.3 is 20.3 Å². The molecule has 1 amide bonds. The molecule has 3 N–H and O–H groups in total. The summed E-state index contributed by atoms with van der Waals surface area (Å²) in [6.45, 7) is -0.927. The second-order valence-corrected chi connectivity index (χ2v) is 8.05. The van der Waals surface area contributed by atoms with Crippen LogP contribution >= 0.6 is 15.9 Å². The minimum absolute atomic E-state index is 0.0740. The van der Waals surface area contributed by atoms with Crippen molar-refractivity contribution in [3.63, 3.8) is 0 Å². The number of nitrogens with one attached hydrogen (secondary N) is 1. The van der Waals surface area contributed by atoms with Gasteiger partial charge in [-0.3, -0.25) is 19.0 Å². The van der Waals surface area contributed by atoms with E-state index < -0.39 is 53.1 Å². The van der Waals surface area contributed by atoms with E-state index in [2.05, 4.69) is 15.9 Å². The summed E-state index contributed by atoms with van der Waals surface area (Å²) >= 11 is 3.30. The van der Waals surface area contributed by atoms with Crippen LogP contribution in [-0.4, -0.2) is 39.8 Å². The van der Waals surface area contributed by atoms with Crippen LogP contribution in [-0.2, 0) is 11.0 Å². The van der Waals surface area contributed by atoms with E-state index in [1.807, 2.05) is 5.32 Å². The number of carboxylic acids is 1. The lowest BCUT2D eigenvalue weighted by Crippen LogP contribution is -2.39. The average molecular weight is 527 g/mol. The molecule has 12 heteroatoms. The fourth-order valence-electron chi connectivity index (χ4n) is 3.69. The first-order valence-corrected chi connectivity index (χ1v) is 10.2. The van der Waals surface area contributed by atoms with Crippen LogP contribution in [0.5, 0.6) is 11.5 Å². The summed E-state index contributed by atoms with van der Waals surface area (Å²) in [4.78, 5) is 36.7. The van der Waals surface area contributed by atoms with E-state index >= 15 is 0 Å². The molecule has 1 aromatic heterocycles. The molecule has 1 aliphatic rings. The van der Waals surface area contributed by atoms with Crippen molar-refractivity contribution >= 4 is 38.7 Å². The molecular weight excluding hydrogens is 513 g/mol. The van der Waals surface area contributed by atoms with Crippen LogP contribution in [0.2, 0.25) is 0 Å². The van der Waals surface area contributed by atoms with Gasteiger partial charge in [0, 0.05) is 5.39 Å². The van der Waals surface area contributed by atoms with Gasteiger partial charge in [0.15, 0.2) is 5.75 Å². The summed E-state index contributed by atoms with van der Waals surface area (Å²) < 4.78 is 46.3. The molecule has 0 aliphatic carbocycles. The monoisotopic (exact) mass is 526 g/mol. The van der Waals surface area contributed by atoms with Gasteiger partial charge in [-0.05, 0) is 45.8 Å². The van der Waals surface area contributed by atoms with Gasteiger partial charge in [-0.2, -0.15) is 13.2 Å². The minimum Gasteiger partial charge on any atom is -0.506 e. The Balaban J connectivity index is 1.95. The maximum atomic E-state index is 13.4. The average Bonchev–Trinajstić information content (AvgIpc) is 2.76. The zero-order chi connectivity index (χ0) is 24.1. The van der Waals surface area contributed by atoms with E-state index in [0.29, 0.717) is 10.0 Å². The van der Waals surface area contributed by atoms with Crippen molar-refractivity contribution < 1.29 is 37.7 Å². The van der Waals surface area contributed by atoms with E-state index in [-0.39, 0.29) is 23.3 Å². The molecule has 1 unspecified atom stereocenters. The number of hydrogen-bond donors (Lipinski definition) is 3. The van der Waals surface area contributed by atoms with Crippen molar-refractivity contribution in [2.24, 2.45) is 0 Å². The Morgan fingerprint density at radius 3 is 2.45 bits per heavy atom. The first-order valence-electron chi connectivity index (χ1n) is 9.40. The quantitative estimate of drug-likeness (QED) is 0.480. The number of carboxylic acid groups (broad SMARTS) is 1. The molecule has 1 atom stereocenters. The molecule has 8 nitrogen and oxygen atoms in total. The van der Waals surface area contributed by atoms with Crippen LogP contribution < -0.4 is 15.6 Å². The van der Waals surface area contributed by atoms with Crippen LogP contribution in [0.4, 0.5) is 13.2 Å². The predicted octanol–water partition coefficient (Wildman–Crippen LogP) is 3.28. The number of halogens is 4.